The van der Waals surface area contributed by atoms with Gasteiger partial charge in [0.15, 0.2) is 0 Å². The molecule has 0 saturated heterocycles. The second-order valence-electron chi connectivity index (χ2n) is 3.54. The van der Waals surface area contributed by atoms with Crippen molar-refractivity contribution >= 4 is 17.3 Å². The second-order valence-corrected chi connectivity index (χ2v) is 3.81. The summed E-state index contributed by atoms with van der Waals surface area (Å²) in [5.74, 6) is 0.0944. The first-order chi connectivity index (χ1) is 7.69. The highest BCUT2D eigenvalue weighted by molar-refractivity contribution is 6.17. The van der Waals surface area contributed by atoms with Gasteiger partial charge < -0.3 is 9.64 Å². The van der Waals surface area contributed by atoms with Gasteiger partial charge in [-0.1, -0.05) is 6.07 Å². The molecule has 2 nitrogen and oxygen atoms in total. The number of ether oxygens (including phenoxy) is 1. The van der Waals surface area contributed by atoms with E-state index in [1.54, 1.807) is 6.07 Å². The van der Waals surface area contributed by atoms with E-state index in [2.05, 4.69) is 0 Å². The second kappa shape index (κ2) is 6.71. The largest absolute Gasteiger partial charge is 0.380 e. The van der Waals surface area contributed by atoms with E-state index in [0.29, 0.717) is 31.3 Å². The summed E-state index contributed by atoms with van der Waals surface area (Å²) in [6.07, 6.45) is 0. The average molecular weight is 246 g/mol. The molecule has 1 aromatic rings. The van der Waals surface area contributed by atoms with Crippen LogP contribution < -0.4 is 4.90 Å². The van der Waals surface area contributed by atoms with Gasteiger partial charge in [-0.25, -0.2) is 4.39 Å². The smallest absolute Gasteiger partial charge is 0.146 e. The standard InChI is InChI=1S/C12H17ClFNO/c1-3-16-7-6-15(2)12-5-4-10(9-13)8-11(12)14/h4-5,8H,3,6-7,9H2,1-2H3. The van der Waals surface area contributed by atoms with E-state index in [1.807, 2.05) is 24.9 Å². The Kier molecular flexibility index (Phi) is 5.56. The van der Waals surface area contributed by atoms with Crippen molar-refractivity contribution in [2.45, 2.75) is 12.8 Å². The third-order valence-electron chi connectivity index (χ3n) is 2.35. The number of nitrogens with zero attached hydrogens (tertiary/aromatic N) is 1. The number of likely N-dealkylation sites (N-methyl/N-ethyl adjacent to an activating group) is 1. The summed E-state index contributed by atoms with van der Waals surface area (Å²) in [5, 5.41) is 0. The van der Waals surface area contributed by atoms with E-state index in [-0.39, 0.29) is 5.82 Å². The van der Waals surface area contributed by atoms with Crippen molar-refractivity contribution in [2.24, 2.45) is 0 Å². The van der Waals surface area contributed by atoms with Gasteiger partial charge in [-0.2, -0.15) is 0 Å². The van der Waals surface area contributed by atoms with Crippen LogP contribution in [0.25, 0.3) is 0 Å². The molecule has 0 radical (unpaired) electrons. The van der Waals surface area contributed by atoms with Crippen LogP contribution in [0.5, 0.6) is 0 Å². The lowest BCUT2D eigenvalue weighted by atomic mass is 10.2. The third-order valence-corrected chi connectivity index (χ3v) is 2.66. The molecule has 0 N–H and O–H groups in total. The van der Waals surface area contributed by atoms with Gasteiger partial charge in [-0.05, 0) is 24.6 Å². The molecule has 90 valence electrons. The van der Waals surface area contributed by atoms with Gasteiger partial charge >= 0.3 is 0 Å². The SMILES string of the molecule is CCOCCN(C)c1ccc(CCl)cc1F. The zero-order valence-corrected chi connectivity index (χ0v) is 10.4. The van der Waals surface area contributed by atoms with E-state index in [4.69, 9.17) is 16.3 Å². The Balaban J connectivity index is 2.64. The molecule has 0 unspecified atom stereocenters. The number of halogens is 2. The Bertz CT molecular complexity index is 333. The molecule has 1 aromatic carbocycles. The van der Waals surface area contributed by atoms with E-state index in [0.717, 1.165) is 5.56 Å². The monoisotopic (exact) mass is 245 g/mol. The lowest BCUT2D eigenvalue weighted by Gasteiger charge is -2.20. The zero-order valence-electron chi connectivity index (χ0n) is 9.67. The van der Waals surface area contributed by atoms with Crippen molar-refractivity contribution in [3.63, 3.8) is 0 Å². The van der Waals surface area contributed by atoms with Crippen molar-refractivity contribution in [3.8, 4) is 0 Å². The van der Waals surface area contributed by atoms with Crippen molar-refractivity contribution in [3.05, 3.63) is 29.6 Å². The minimum Gasteiger partial charge on any atom is -0.380 e. The molecule has 0 aromatic heterocycles. The molecule has 0 aliphatic heterocycles. The molecule has 0 saturated carbocycles. The fourth-order valence-electron chi connectivity index (χ4n) is 1.41. The molecule has 0 heterocycles. The van der Waals surface area contributed by atoms with Gasteiger partial charge in [-0.15, -0.1) is 11.6 Å². The van der Waals surface area contributed by atoms with Crippen molar-refractivity contribution in [1.82, 2.24) is 0 Å². The summed E-state index contributed by atoms with van der Waals surface area (Å²) in [7, 11) is 1.85. The highest BCUT2D eigenvalue weighted by Crippen LogP contribution is 2.20. The van der Waals surface area contributed by atoms with Crippen LogP contribution in [0.15, 0.2) is 18.2 Å². The summed E-state index contributed by atoms with van der Waals surface area (Å²) >= 11 is 5.63. The summed E-state index contributed by atoms with van der Waals surface area (Å²) in [6, 6.07) is 5.06. The predicted molar refractivity (Wildman–Crippen MR) is 65.7 cm³/mol. The normalized spacial score (nSPS) is 10.5. The Morgan fingerprint density at radius 1 is 1.44 bits per heavy atom. The van der Waals surface area contributed by atoms with Crippen molar-refractivity contribution in [2.75, 3.05) is 31.7 Å². The number of anilines is 1. The average Bonchev–Trinajstić information content (AvgIpc) is 2.29. The highest BCUT2D eigenvalue weighted by Gasteiger charge is 2.07. The molecule has 0 bridgehead atoms. The topological polar surface area (TPSA) is 12.5 Å². The van der Waals surface area contributed by atoms with Crippen LogP contribution in [0.1, 0.15) is 12.5 Å². The molecule has 4 heteroatoms. The van der Waals surface area contributed by atoms with Crippen LogP contribution in [0.4, 0.5) is 10.1 Å². The van der Waals surface area contributed by atoms with Crippen LogP contribution in [0, 0.1) is 5.82 Å². The molecule has 0 fully saturated rings. The molecule has 16 heavy (non-hydrogen) atoms. The van der Waals surface area contributed by atoms with E-state index in [9.17, 15) is 4.39 Å². The fourth-order valence-corrected chi connectivity index (χ4v) is 1.58. The number of benzene rings is 1. The van der Waals surface area contributed by atoms with Crippen LogP contribution in [-0.4, -0.2) is 26.8 Å². The Morgan fingerprint density at radius 3 is 2.75 bits per heavy atom. The molecule has 0 aliphatic carbocycles. The zero-order chi connectivity index (χ0) is 12.0. The molecule has 0 spiro atoms. The molecule has 0 aliphatic rings. The first-order valence-corrected chi connectivity index (χ1v) is 5.85. The van der Waals surface area contributed by atoms with Gasteiger partial charge in [0.2, 0.25) is 0 Å². The Morgan fingerprint density at radius 2 is 2.19 bits per heavy atom. The van der Waals surface area contributed by atoms with Crippen LogP contribution in [0.3, 0.4) is 0 Å². The van der Waals surface area contributed by atoms with E-state index in [1.165, 1.54) is 6.07 Å². The van der Waals surface area contributed by atoms with Gasteiger partial charge in [0.25, 0.3) is 0 Å². The first-order valence-electron chi connectivity index (χ1n) is 5.32. The van der Waals surface area contributed by atoms with Gasteiger partial charge in [0.1, 0.15) is 5.82 Å². The van der Waals surface area contributed by atoms with Gasteiger partial charge in [0, 0.05) is 26.1 Å². The number of alkyl halides is 1. The van der Waals surface area contributed by atoms with Crippen LogP contribution >= 0.6 is 11.6 Å². The van der Waals surface area contributed by atoms with Crippen LogP contribution in [-0.2, 0) is 10.6 Å². The van der Waals surface area contributed by atoms with E-state index >= 15 is 0 Å². The van der Waals surface area contributed by atoms with Crippen molar-refractivity contribution in [1.29, 1.82) is 0 Å². The van der Waals surface area contributed by atoms with Gasteiger partial charge in [-0.3, -0.25) is 0 Å². The summed E-state index contributed by atoms with van der Waals surface area (Å²) in [4.78, 5) is 1.84. The fraction of sp³-hybridized carbons (Fsp3) is 0.500. The lowest BCUT2D eigenvalue weighted by Crippen LogP contribution is -2.23. The molecule has 0 atom stereocenters. The summed E-state index contributed by atoms with van der Waals surface area (Å²) < 4.78 is 18.9. The first kappa shape index (κ1) is 13.3. The molecule has 1 rings (SSSR count). The Labute approximate surface area is 101 Å². The number of rotatable bonds is 6. The minimum absolute atomic E-state index is 0.239. The molecular formula is C12H17ClFNO. The third kappa shape index (κ3) is 3.65. The van der Waals surface area contributed by atoms with Crippen LogP contribution in [0.2, 0.25) is 0 Å². The maximum absolute atomic E-state index is 13.7. The quantitative estimate of drug-likeness (QED) is 0.564. The van der Waals surface area contributed by atoms with Crippen molar-refractivity contribution < 1.29 is 9.13 Å². The lowest BCUT2D eigenvalue weighted by molar-refractivity contribution is 0.154. The van der Waals surface area contributed by atoms with E-state index < -0.39 is 0 Å². The molecular weight excluding hydrogens is 229 g/mol. The maximum Gasteiger partial charge on any atom is 0.146 e. The summed E-state index contributed by atoms with van der Waals surface area (Å²) in [5.41, 5.74) is 1.37. The summed E-state index contributed by atoms with van der Waals surface area (Å²) in [6.45, 7) is 3.89. The molecule has 0 amide bonds. The Hall–Kier alpha value is -0.800. The highest BCUT2D eigenvalue weighted by atomic mass is 35.5. The minimum atomic E-state index is -0.239. The number of hydrogen-bond donors (Lipinski definition) is 0. The number of hydrogen-bond acceptors (Lipinski definition) is 2. The predicted octanol–water partition coefficient (Wildman–Crippen LogP) is 3.04. The maximum atomic E-state index is 13.7. The van der Waals surface area contributed by atoms with Gasteiger partial charge in [0.05, 0.1) is 12.3 Å².